The van der Waals surface area contributed by atoms with E-state index in [0.29, 0.717) is 18.2 Å². The maximum Gasteiger partial charge on any atom is 0.260 e. The number of hydrogen-bond acceptors (Lipinski definition) is 4. The van der Waals surface area contributed by atoms with Crippen molar-refractivity contribution in [3.05, 3.63) is 41.8 Å². The molecule has 0 aliphatic heterocycles. The lowest BCUT2D eigenvalue weighted by Crippen LogP contribution is -2.04. The van der Waals surface area contributed by atoms with Crippen LogP contribution in [0, 0.1) is 5.82 Å². The fraction of sp³-hybridized carbons (Fsp3) is 0.286. The predicted octanol–water partition coefficient (Wildman–Crippen LogP) is 3.40. The first-order chi connectivity index (χ1) is 9.22. The van der Waals surface area contributed by atoms with E-state index >= 15 is 0 Å². The molecule has 0 spiro atoms. The fourth-order valence-corrected chi connectivity index (χ4v) is 1.57. The van der Waals surface area contributed by atoms with E-state index in [1.165, 1.54) is 5.56 Å². The van der Waals surface area contributed by atoms with Crippen LogP contribution in [0.4, 0.5) is 10.3 Å². The highest BCUT2D eigenvalue weighted by Gasteiger charge is 2.09. The molecule has 0 amide bonds. The number of nitrogens with zero attached hydrogens (tertiary/aromatic N) is 2. The lowest BCUT2D eigenvalue weighted by molar-refractivity contribution is 0.420. The maximum atomic E-state index is 13.6. The molecule has 0 radical (unpaired) electrons. The largest absolute Gasteiger partial charge is 0.436 e. The summed E-state index contributed by atoms with van der Waals surface area (Å²) >= 11 is 0. The average Bonchev–Trinajstić information content (AvgIpc) is 2.44. The molecule has 0 unspecified atom stereocenters. The first-order valence-corrected chi connectivity index (χ1v) is 6.26. The third kappa shape index (κ3) is 3.40. The standard InChI is InChI=1S/C14H16FN3O/c1-3-10-5-7-11(8-6-10)19-13-12(15)9-17-14(18-13)16-4-2/h5-9H,3-4H2,1-2H3,(H,16,17,18). The summed E-state index contributed by atoms with van der Waals surface area (Å²) < 4.78 is 19.0. The molecule has 5 heteroatoms. The van der Waals surface area contributed by atoms with E-state index in [0.717, 1.165) is 12.6 Å². The summed E-state index contributed by atoms with van der Waals surface area (Å²) in [6.45, 7) is 4.65. The van der Waals surface area contributed by atoms with Crippen LogP contribution in [0.25, 0.3) is 0 Å². The number of ether oxygens (including phenoxy) is 1. The Hall–Kier alpha value is -2.17. The number of rotatable bonds is 5. The van der Waals surface area contributed by atoms with Crippen molar-refractivity contribution in [2.75, 3.05) is 11.9 Å². The van der Waals surface area contributed by atoms with Gasteiger partial charge in [0.15, 0.2) is 0 Å². The van der Waals surface area contributed by atoms with E-state index in [2.05, 4.69) is 22.2 Å². The van der Waals surface area contributed by atoms with E-state index in [9.17, 15) is 4.39 Å². The smallest absolute Gasteiger partial charge is 0.260 e. The van der Waals surface area contributed by atoms with E-state index in [4.69, 9.17) is 4.74 Å². The summed E-state index contributed by atoms with van der Waals surface area (Å²) in [5, 5.41) is 2.91. The minimum Gasteiger partial charge on any atom is -0.436 e. The second-order valence-electron chi connectivity index (χ2n) is 3.98. The van der Waals surface area contributed by atoms with Gasteiger partial charge in [-0.2, -0.15) is 9.37 Å². The van der Waals surface area contributed by atoms with Gasteiger partial charge in [0, 0.05) is 6.54 Å². The Morgan fingerprint density at radius 3 is 2.58 bits per heavy atom. The predicted molar refractivity (Wildman–Crippen MR) is 72.0 cm³/mol. The number of benzene rings is 1. The molecule has 0 bridgehead atoms. The summed E-state index contributed by atoms with van der Waals surface area (Å²) in [5.41, 5.74) is 1.20. The van der Waals surface area contributed by atoms with Gasteiger partial charge in [0.05, 0.1) is 6.20 Å². The molecular weight excluding hydrogens is 245 g/mol. The molecule has 0 saturated carbocycles. The SMILES string of the molecule is CCNc1ncc(F)c(Oc2ccc(CC)cc2)n1. The molecular formula is C14H16FN3O. The molecule has 100 valence electrons. The zero-order valence-electron chi connectivity index (χ0n) is 11.0. The molecule has 19 heavy (non-hydrogen) atoms. The van der Waals surface area contributed by atoms with Crippen molar-refractivity contribution in [1.29, 1.82) is 0 Å². The van der Waals surface area contributed by atoms with Crippen molar-refractivity contribution in [3.8, 4) is 11.6 Å². The summed E-state index contributed by atoms with van der Waals surface area (Å²) in [5.74, 6) is 0.248. The van der Waals surface area contributed by atoms with Crippen molar-refractivity contribution in [2.24, 2.45) is 0 Å². The molecule has 1 heterocycles. The Balaban J connectivity index is 2.18. The van der Waals surface area contributed by atoms with Gasteiger partial charge in [0.2, 0.25) is 11.8 Å². The Bertz CT molecular complexity index is 543. The van der Waals surface area contributed by atoms with Crippen molar-refractivity contribution in [3.63, 3.8) is 0 Å². The minimum atomic E-state index is -0.582. The third-order valence-corrected chi connectivity index (χ3v) is 2.59. The summed E-state index contributed by atoms with van der Waals surface area (Å²) in [7, 11) is 0. The number of aromatic nitrogens is 2. The highest BCUT2D eigenvalue weighted by molar-refractivity contribution is 5.33. The molecule has 1 aromatic heterocycles. The van der Waals surface area contributed by atoms with Gasteiger partial charge in [-0.1, -0.05) is 19.1 Å². The highest BCUT2D eigenvalue weighted by atomic mass is 19.1. The maximum absolute atomic E-state index is 13.6. The van der Waals surface area contributed by atoms with Crippen LogP contribution < -0.4 is 10.1 Å². The minimum absolute atomic E-state index is 0.0739. The highest BCUT2D eigenvalue weighted by Crippen LogP contribution is 2.23. The lowest BCUT2D eigenvalue weighted by Gasteiger charge is -2.08. The Kier molecular flexibility index (Phi) is 4.28. The van der Waals surface area contributed by atoms with Gasteiger partial charge in [-0.15, -0.1) is 0 Å². The van der Waals surface area contributed by atoms with Crippen molar-refractivity contribution in [2.45, 2.75) is 20.3 Å². The van der Waals surface area contributed by atoms with E-state index in [1.807, 2.05) is 19.1 Å². The zero-order valence-corrected chi connectivity index (χ0v) is 11.0. The molecule has 0 saturated heterocycles. The van der Waals surface area contributed by atoms with Crippen LogP contribution in [0.15, 0.2) is 30.5 Å². The van der Waals surface area contributed by atoms with Gasteiger partial charge in [-0.25, -0.2) is 4.98 Å². The number of hydrogen-bond donors (Lipinski definition) is 1. The second kappa shape index (κ2) is 6.13. The van der Waals surface area contributed by atoms with Gasteiger partial charge >= 0.3 is 0 Å². The van der Waals surface area contributed by atoms with Gasteiger partial charge in [0.25, 0.3) is 5.88 Å². The van der Waals surface area contributed by atoms with Gasteiger partial charge < -0.3 is 10.1 Å². The van der Waals surface area contributed by atoms with Crippen LogP contribution in [-0.2, 0) is 6.42 Å². The van der Waals surface area contributed by atoms with Crippen LogP contribution in [-0.4, -0.2) is 16.5 Å². The number of nitrogens with one attached hydrogen (secondary N) is 1. The summed E-state index contributed by atoms with van der Waals surface area (Å²) in [6, 6.07) is 7.49. The Labute approximate surface area is 111 Å². The Morgan fingerprint density at radius 1 is 1.21 bits per heavy atom. The van der Waals surface area contributed by atoms with E-state index in [1.54, 1.807) is 12.1 Å². The van der Waals surface area contributed by atoms with E-state index < -0.39 is 5.82 Å². The molecule has 4 nitrogen and oxygen atoms in total. The molecule has 0 fully saturated rings. The first-order valence-electron chi connectivity index (χ1n) is 6.26. The number of halogens is 1. The monoisotopic (exact) mass is 261 g/mol. The summed E-state index contributed by atoms with van der Waals surface area (Å²) in [4.78, 5) is 7.80. The van der Waals surface area contributed by atoms with Crippen molar-refractivity contribution >= 4 is 5.95 Å². The normalized spacial score (nSPS) is 10.3. The van der Waals surface area contributed by atoms with Crippen molar-refractivity contribution in [1.82, 2.24) is 9.97 Å². The zero-order chi connectivity index (χ0) is 13.7. The third-order valence-electron chi connectivity index (χ3n) is 2.59. The molecule has 1 N–H and O–H groups in total. The van der Waals surface area contributed by atoms with Crippen LogP contribution in [0.5, 0.6) is 11.6 Å². The van der Waals surface area contributed by atoms with Gasteiger partial charge in [-0.3, -0.25) is 0 Å². The first kappa shape index (κ1) is 13.3. The topological polar surface area (TPSA) is 47.0 Å². The van der Waals surface area contributed by atoms with Crippen LogP contribution >= 0.6 is 0 Å². The number of anilines is 1. The molecule has 1 aromatic carbocycles. The van der Waals surface area contributed by atoms with Crippen molar-refractivity contribution < 1.29 is 9.13 Å². The van der Waals surface area contributed by atoms with Gasteiger partial charge in [-0.05, 0) is 31.0 Å². The second-order valence-corrected chi connectivity index (χ2v) is 3.98. The molecule has 0 aliphatic rings. The molecule has 0 atom stereocenters. The van der Waals surface area contributed by atoms with Gasteiger partial charge in [0.1, 0.15) is 5.75 Å². The molecule has 2 rings (SSSR count). The Morgan fingerprint density at radius 2 is 1.95 bits per heavy atom. The summed E-state index contributed by atoms with van der Waals surface area (Å²) in [6.07, 6.45) is 2.05. The number of aryl methyl sites for hydroxylation is 1. The van der Waals surface area contributed by atoms with Crippen LogP contribution in [0.3, 0.4) is 0 Å². The van der Waals surface area contributed by atoms with Crippen LogP contribution in [0.1, 0.15) is 19.4 Å². The molecule has 2 aromatic rings. The van der Waals surface area contributed by atoms with E-state index in [-0.39, 0.29) is 5.88 Å². The average molecular weight is 261 g/mol. The molecule has 0 aliphatic carbocycles. The quantitative estimate of drug-likeness (QED) is 0.896. The fourth-order valence-electron chi connectivity index (χ4n) is 1.57. The lowest BCUT2D eigenvalue weighted by atomic mass is 10.2. The van der Waals surface area contributed by atoms with Crippen LogP contribution in [0.2, 0.25) is 0 Å².